The first-order valence-corrected chi connectivity index (χ1v) is 11.5. The van der Waals surface area contributed by atoms with Crippen LogP contribution in [0.2, 0.25) is 0 Å². The van der Waals surface area contributed by atoms with Gasteiger partial charge >= 0.3 is 0 Å². The summed E-state index contributed by atoms with van der Waals surface area (Å²) < 4.78 is 0. The molecule has 1 unspecified atom stereocenters. The Balaban J connectivity index is 1.72. The first kappa shape index (κ1) is 25.4. The minimum atomic E-state index is -0.469. The van der Waals surface area contributed by atoms with Crippen LogP contribution in [-0.2, 0) is 19.2 Å². The zero-order valence-corrected chi connectivity index (χ0v) is 19.6. The summed E-state index contributed by atoms with van der Waals surface area (Å²) in [5, 5.41) is 8.31. The zero-order valence-electron chi connectivity index (χ0n) is 19.6. The summed E-state index contributed by atoms with van der Waals surface area (Å²) in [6, 6.07) is 7.08. The number of anilines is 2. The predicted molar refractivity (Wildman–Crippen MR) is 125 cm³/mol. The lowest BCUT2D eigenvalue weighted by atomic mass is 10.1. The molecule has 1 saturated heterocycles. The third-order valence-corrected chi connectivity index (χ3v) is 5.42. The monoisotopic (exact) mass is 444 g/mol. The van der Waals surface area contributed by atoms with Crippen molar-refractivity contribution in [2.24, 2.45) is 0 Å². The molecule has 8 nitrogen and oxygen atoms in total. The van der Waals surface area contributed by atoms with Crippen LogP contribution >= 0.6 is 0 Å². The topological polar surface area (TPSA) is 108 Å². The molecule has 1 aromatic rings. The smallest absolute Gasteiger partial charge is 0.249 e. The molecule has 2 rings (SSSR count). The van der Waals surface area contributed by atoms with Crippen LogP contribution in [0, 0.1) is 0 Å². The van der Waals surface area contributed by atoms with Crippen molar-refractivity contribution in [1.82, 2.24) is 10.2 Å². The average Bonchev–Trinajstić information content (AvgIpc) is 2.69. The van der Waals surface area contributed by atoms with Gasteiger partial charge in [0.25, 0.3) is 0 Å². The summed E-state index contributed by atoms with van der Waals surface area (Å²) in [4.78, 5) is 49.7. The molecule has 8 heteroatoms. The summed E-state index contributed by atoms with van der Waals surface area (Å²) in [6.07, 6.45) is 3.95. The second kappa shape index (κ2) is 12.2. The minimum Gasteiger partial charge on any atom is -0.374 e. The molecule has 1 aliphatic rings. The van der Waals surface area contributed by atoms with Crippen molar-refractivity contribution in [2.75, 3.05) is 10.6 Å². The number of unbranched alkanes of at least 4 members (excludes halogenated alkanes) is 2. The summed E-state index contributed by atoms with van der Waals surface area (Å²) >= 11 is 0. The molecule has 1 aliphatic heterocycles. The highest BCUT2D eigenvalue weighted by Gasteiger charge is 2.26. The lowest BCUT2D eigenvalue weighted by Crippen LogP contribution is -2.47. The Labute approximate surface area is 190 Å². The van der Waals surface area contributed by atoms with E-state index in [1.807, 2.05) is 38.7 Å². The first-order valence-electron chi connectivity index (χ1n) is 11.5. The van der Waals surface area contributed by atoms with Crippen LogP contribution in [0.15, 0.2) is 24.3 Å². The lowest BCUT2D eigenvalue weighted by Gasteiger charge is -2.30. The van der Waals surface area contributed by atoms with E-state index in [1.165, 1.54) is 0 Å². The quantitative estimate of drug-likeness (QED) is 0.358. The number of amides is 4. The van der Waals surface area contributed by atoms with Gasteiger partial charge < -0.3 is 15.5 Å². The van der Waals surface area contributed by atoms with Gasteiger partial charge in [-0.2, -0.15) is 0 Å². The molecule has 0 saturated carbocycles. The Morgan fingerprint density at radius 3 is 2.34 bits per heavy atom. The Morgan fingerprint density at radius 2 is 1.69 bits per heavy atom. The Kier molecular flexibility index (Phi) is 9.68. The minimum absolute atomic E-state index is 0.0829. The van der Waals surface area contributed by atoms with Gasteiger partial charge in [0.2, 0.25) is 23.6 Å². The molecule has 4 amide bonds. The van der Waals surface area contributed by atoms with Crippen molar-refractivity contribution in [3.05, 3.63) is 24.3 Å². The summed E-state index contributed by atoms with van der Waals surface area (Å²) in [5.74, 6) is -0.505. The number of hydrogen-bond acceptors (Lipinski definition) is 5. The van der Waals surface area contributed by atoms with Crippen LogP contribution < -0.4 is 16.0 Å². The number of piperidine rings is 1. The molecule has 176 valence electrons. The Morgan fingerprint density at radius 1 is 1.03 bits per heavy atom. The molecule has 1 heterocycles. The van der Waals surface area contributed by atoms with E-state index in [9.17, 15) is 19.2 Å². The fourth-order valence-electron chi connectivity index (χ4n) is 3.98. The van der Waals surface area contributed by atoms with Crippen LogP contribution in [-0.4, -0.2) is 46.7 Å². The maximum Gasteiger partial charge on any atom is 0.249 e. The van der Waals surface area contributed by atoms with Crippen LogP contribution in [0.25, 0.3) is 0 Å². The van der Waals surface area contributed by atoms with Gasteiger partial charge in [-0.3, -0.25) is 24.5 Å². The molecule has 0 aliphatic carbocycles. The van der Waals surface area contributed by atoms with E-state index in [0.29, 0.717) is 37.1 Å². The molecule has 1 fully saturated rings. The number of carbonyl (C=O) groups is 4. The second-order valence-electron chi connectivity index (χ2n) is 8.83. The van der Waals surface area contributed by atoms with Gasteiger partial charge in [-0.05, 0) is 65.2 Å². The van der Waals surface area contributed by atoms with Gasteiger partial charge in [-0.1, -0.05) is 12.5 Å². The standard InChI is InChI=1S/C24H36N4O4/c1-16(2)28(17(3)4)23(31)12-7-5-6-11-21(29)26-19-10-8-9-18(15-19)25-20-13-14-22(30)27-24(20)32/h8-10,15-17,20,25H,5-7,11-14H2,1-4H3,(H,26,29)(H,27,30,32). The number of nitrogens with one attached hydrogen (secondary N) is 3. The molecule has 3 N–H and O–H groups in total. The van der Waals surface area contributed by atoms with Gasteiger partial charge in [-0.15, -0.1) is 0 Å². The second-order valence-corrected chi connectivity index (χ2v) is 8.83. The number of benzene rings is 1. The van der Waals surface area contributed by atoms with E-state index >= 15 is 0 Å². The van der Waals surface area contributed by atoms with E-state index in [0.717, 1.165) is 19.3 Å². The largest absolute Gasteiger partial charge is 0.374 e. The maximum atomic E-state index is 12.4. The van der Waals surface area contributed by atoms with Gasteiger partial charge in [0.05, 0.1) is 0 Å². The highest BCUT2D eigenvalue weighted by atomic mass is 16.2. The summed E-state index contributed by atoms with van der Waals surface area (Å²) in [6.45, 7) is 8.10. The van der Waals surface area contributed by atoms with Crippen LogP contribution in [0.1, 0.15) is 72.6 Å². The SMILES string of the molecule is CC(C)N(C(=O)CCCCCC(=O)Nc1cccc(NC2CCC(=O)NC2=O)c1)C(C)C. The predicted octanol–water partition coefficient (Wildman–Crippen LogP) is 3.44. The van der Waals surface area contributed by atoms with E-state index in [-0.39, 0.29) is 35.7 Å². The number of imide groups is 1. The lowest BCUT2D eigenvalue weighted by molar-refractivity contribution is -0.135. The molecule has 0 aromatic heterocycles. The van der Waals surface area contributed by atoms with E-state index in [1.54, 1.807) is 18.2 Å². The van der Waals surface area contributed by atoms with Gasteiger partial charge in [0.1, 0.15) is 6.04 Å². The van der Waals surface area contributed by atoms with Crippen molar-refractivity contribution < 1.29 is 19.2 Å². The van der Waals surface area contributed by atoms with Crippen LogP contribution in [0.3, 0.4) is 0 Å². The fraction of sp³-hybridized carbons (Fsp3) is 0.583. The molecule has 0 radical (unpaired) electrons. The fourth-order valence-corrected chi connectivity index (χ4v) is 3.98. The Hall–Kier alpha value is -2.90. The first-order chi connectivity index (χ1) is 15.2. The number of hydrogen-bond donors (Lipinski definition) is 3. The molecule has 0 spiro atoms. The highest BCUT2D eigenvalue weighted by Crippen LogP contribution is 2.19. The van der Waals surface area contributed by atoms with Gasteiger partial charge in [0, 0.05) is 42.7 Å². The summed E-state index contributed by atoms with van der Waals surface area (Å²) in [7, 11) is 0. The molecular weight excluding hydrogens is 408 g/mol. The summed E-state index contributed by atoms with van der Waals surface area (Å²) in [5.41, 5.74) is 1.35. The van der Waals surface area contributed by atoms with Crippen molar-refractivity contribution in [3.63, 3.8) is 0 Å². The molecule has 0 bridgehead atoms. The van der Waals surface area contributed by atoms with Crippen molar-refractivity contribution in [3.8, 4) is 0 Å². The number of carbonyl (C=O) groups excluding carboxylic acids is 4. The van der Waals surface area contributed by atoms with Crippen LogP contribution in [0.4, 0.5) is 11.4 Å². The molecular formula is C24H36N4O4. The number of rotatable bonds is 11. The maximum absolute atomic E-state index is 12.4. The van der Waals surface area contributed by atoms with Crippen molar-refractivity contribution in [2.45, 2.75) is 90.8 Å². The van der Waals surface area contributed by atoms with E-state index in [4.69, 9.17) is 0 Å². The molecule has 1 atom stereocenters. The van der Waals surface area contributed by atoms with Crippen LogP contribution in [0.5, 0.6) is 0 Å². The highest BCUT2D eigenvalue weighted by molar-refractivity contribution is 6.01. The van der Waals surface area contributed by atoms with Gasteiger partial charge in [-0.25, -0.2) is 0 Å². The normalized spacial score (nSPS) is 16.1. The van der Waals surface area contributed by atoms with Crippen molar-refractivity contribution >= 4 is 35.0 Å². The van der Waals surface area contributed by atoms with E-state index in [2.05, 4.69) is 16.0 Å². The Bertz CT molecular complexity index is 814. The third kappa shape index (κ3) is 7.98. The molecule has 1 aromatic carbocycles. The van der Waals surface area contributed by atoms with Crippen molar-refractivity contribution in [1.29, 1.82) is 0 Å². The van der Waals surface area contributed by atoms with E-state index < -0.39 is 6.04 Å². The number of nitrogens with zero attached hydrogens (tertiary/aromatic N) is 1. The zero-order chi connectivity index (χ0) is 23.7. The molecule has 32 heavy (non-hydrogen) atoms. The average molecular weight is 445 g/mol. The van der Waals surface area contributed by atoms with Gasteiger partial charge in [0.15, 0.2) is 0 Å². The third-order valence-electron chi connectivity index (χ3n) is 5.42.